The highest BCUT2D eigenvalue weighted by Crippen LogP contribution is 2.46. The third-order valence-electron chi connectivity index (χ3n) is 2.94. The fourth-order valence-electron chi connectivity index (χ4n) is 2.18. The molecule has 1 aliphatic carbocycles. The standard InChI is InChI=1S/C10H21N/c1-7(2)9(11)8-5-10(3,4)6-8/h7-9H,5-6,11H2,1-4H3. The zero-order valence-corrected chi connectivity index (χ0v) is 8.22. The summed E-state index contributed by atoms with van der Waals surface area (Å²) in [6.45, 7) is 9.10. The summed E-state index contributed by atoms with van der Waals surface area (Å²) in [4.78, 5) is 0. The van der Waals surface area contributed by atoms with E-state index >= 15 is 0 Å². The third kappa shape index (κ3) is 1.96. The second kappa shape index (κ2) is 2.78. The monoisotopic (exact) mass is 155 g/mol. The Morgan fingerprint density at radius 3 is 2.00 bits per heavy atom. The van der Waals surface area contributed by atoms with Crippen molar-refractivity contribution in [1.29, 1.82) is 0 Å². The van der Waals surface area contributed by atoms with Gasteiger partial charge in [0.15, 0.2) is 0 Å². The van der Waals surface area contributed by atoms with E-state index in [1.807, 2.05) is 0 Å². The molecule has 1 aliphatic rings. The maximum Gasteiger partial charge on any atom is 0.00907 e. The first-order valence-corrected chi connectivity index (χ1v) is 4.68. The highest BCUT2D eigenvalue weighted by molar-refractivity contribution is 4.92. The van der Waals surface area contributed by atoms with Gasteiger partial charge in [0.2, 0.25) is 0 Å². The van der Waals surface area contributed by atoms with Crippen molar-refractivity contribution in [2.45, 2.75) is 46.6 Å². The Hall–Kier alpha value is -0.0400. The highest BCUT2D eigenvalue weighted by Gasteiger charge is 2.39. The molecule has 1 saturated carbocycles. The molecule has 0 saturated heterocycles. The quantitative estimate of drug-likeness (QED) is 0.651. The molecule has 0 spiro atoms. The topological polar surface area (TPSA) is 26.0 Å². The second-order valence-electron chi connectivity index (χ2n) is 5.15. The van der Waals surface area contributed by atoms with Crippen LogP contribution >= 0.6 is 0 Å². The Morgan fingerprint density at radius 2 is 1.73 bits per heavy atom. The van der Waals surface area contributed by atoms with E-state index in [-0.39, 0.29) is 0 Å². The first-order valence-electron chi connectivity index (χ1n) is 4.68. The molecule has 0 heterocycles. The van der Waals surface area contributed by atoms with Crippen LogP contribution in [-0.2, 0) is 0 Å². The van der Waals surface area contributed by atoms with E-state index < -0.39 is 0 Å². The minimum Gasteiger partial charge on any atom is -0.327 e. The second-order valence-corrected chi connectivity index (χ2v) is 5.15. The smallest absolute Gasteiger partial charge is 0.00907 e. The van der Waals surface area contributed by atoms with Crippen molar-refractivity contribution in [1.82, 2.24) is 0 Å². The summed E-state index contributed by atoms with van der Waals surface area (Å²) in [5.74, 6) is 1.45. The summed E-state index contributed by atoms with van der Waals surface area (Å²) >= 11 is 0. The van der Waals surface area contributed by atoms with Crippen molar-refractivity contribution in [2.75, 3.05) is 0 Å². The lowest BCUT2D eigenvalue weighted by Crippen LogP contribution is -2.45. The van der Waals surface area contributed by atoms with Gasteiger partial charge in [0.1, 0.15) is 0 Å². The van der Waals surface area contributed by atoms with Gasteiger partial charge in [0.05, 0.1) is 0 Å². The van der Waals surface area contributed by atoms with Gasteiger partial charge in [0, 0.05) is 6.04 Å². The number of hydrogen-bond donors (Lipinski definition) is 1. The molecule has 0 bridgehead atoms. The summed E-state index contributed by atoms with van der Waals surface area (Å²) in [7, 11) is 0. The first kappa shape index (κ1) is 9.05. The van der Waals surface area contributed by atoms with Crippen LogP contribution in [0.3, 0.4) is 0 Å². The van der Waals surface area contributed by atoms with Gasteiger partial charge in [-0.3, -0.25) is 0 Å². The number of rotatable bonds is 2. The molecule has 0 aromatic carbocycles. The van der Waals surface area contributed by atoms with Gasteiger partial charge in [-0.25, -0.2) is 0 Å². The molecule has 0 aromatic rings. The summed E-state index contributed by atoms with van der Waals surface area (Å²) in [5, 5.41) is 0. The van der Waals surface area contributed by atoms with Gasteiger partial charge in [-0.05, 0) is 30.1 Å². The van der Waals surface area contributed by atoms with Gasteiger partial charge >= 0.3 is 0 Å². The Bertz CT molecular complexity index is 130. The molecule has 2 N–H and O–H groups in total. The molecule has 11 heavy (non-hydrogen) atoms. The summed E-state index contributed by atoms with van der Waals surface area (Å²) < 4.78 is 0. The minimum atomic E-state index is 0.433. The normalized spacial score (nSPS) is 26.7. The van der Waals surface area contributed by atoms with Gasteiger partial charge in [-0.2, -0.15) is 0 Å². The van der Waals surface area contributed by atoms with E-state index in [2.05, 4.69) is 27.7 Å². The SMILES string of the molecule is CC(C)C(N)C1CC(C)(C)C1. The predicted molar refractivity (Wildman–Crippen MR) is 49.3 cm³/mol. The Kier molecular flexibility index (Phi) is 2.29. The Morgan fingerprint density at radius 1 is 1.27 bits per heavy atom. The lowest BCUT2D eigenvalue weighted by atomic mass is 9.61. The molecular formula is C10H21N. The number of nitrogens with two attached hydrogens (primary N) is 1. The van der Waals surface area contributed by atoms with Gasteiger partial charge in [0.25, 0.3) is 0 Å². The van der Waals surface area contributed by atoms with Crippen molar-refractivity contribution in [3.8, 4) is 0 Å². The van der Waals surface area contributed by atoms with Crippen molar-refractivity contribution >= 4 is 0 Å². The third-order valence-corrected chi connectivity index (χ3v) is 2.94. The van der Waals surface area contributed by atoms with Crippen molar-refractivity contribution in [3.05, 3.63) is 0 Å². The molecular weight excluding hydrogens is 134 g/mol. The minimum absolute atomic E-state index is 0.433. The van der Waals surface area contributed by atoms with Crippen LogP contribution in [0.25, 0.3) is 0 Å². The van der Waals surface area contributed by atoms with E-state index in [0.29, 0.717) is 17.4 Å². The van der Waals surface area contributed by atoms with Crippen LogP contribution in [-0.4, -0.2) is 6.04 Å². The predicted octanol–water partition coefficient (Wildman–Crippen LogP) is 2.41. The molecule has 1 unspecified atom stereocenters. The van der Waals surface area contributed by atoms with Crippen LogP contribution in [0.4, 0.5) is 0 Å². The zero-order chi connectivity index (χ0) is 8.65. The van der Waals surface area contributed by atoms with E-state index in [1.54, 1.807) is 0 Å². The first-order chi connectivity index (χ1) is 4.92. The maximum atomic E-state index is 6.04. The van der Waals surface area contributed by atoms with E-state index in [4.69, 9.17) is 5.73 Å². The van der Waals surface area contributed by atoms with Crippen LogP contribution in [0.15, 0.2) is 0 Å². The van der Waals surface area contributed by atoms with E-state index in [0.717, 1.165) is 5.92 Å². The van der Waals surface area contributed by atoms with E-state index in [9.17, 15) is 0 Å². The van der Waals surface area contributed by atoms with Gasteiger partial charge < -0.3 is 5.73 Å². The average Bonchev–Trinajstić information content (AvgIpc) is 1.80. The maximum absolute atomic E-state index is 6.04. The summed E-state index contributed by atoms with van der Waals surface area (Å²) in [6, 6.07) is 0.433. The summed E-state index contributed by atoms with van der Waals surface area (Å²) in [5.41, 5.74) is 6.62. The molecule has 0 aliphatic heterocycles. The molecule has 0 radical (unpaired) electrons. The molecule has 66 valence electrons. The molecule has 1 nitrogen and oxygen atoms in total. The molecule has 1 heteroatoms. The van der Waals surface area contributed by atoms with Crippen molar-refractivity contribution in [3.63, 3.8) is 0 Å². The van der Waals surface area contributed by atoms with Gasteiger partial charge in [-0.15, -0.1) is 0 Å². The zero-order valence-electron chi connectivity index (χ0n) is 8.22. The summed E-state index contributed by atoms with van der Waals surface area (Å²) in [6.07, 6.45) is 2.65. The van der Waals surface area contributed by atoms with Crippen LogP contribution in [0, 0.1) is 17.3 Å². The molecule has 1 rings (SSSR count). The van der Waals surface area contributed by atoms with Crippen LogP contribution in [0.5, 0.6) is 0 Å². The lowest BCUT2D eigenvalue weighted by molar-refractivity contribution is 0.0632. The van der Waals surface area contributed by atoms with Crippen LogP contribution < -0.4 is 5.73 Å². The number of hydrogen-bond acceptors (Lipinski definition) is 1. The Labute approximate surface area is 70.4 Å². The highest BCUT2D eigenvalue weighted by atomic mass is 14.7. The van der Waals surface area contributed by atoms with Crippen molar-refractivity contribution < 1.29 is 0 Å². The van der Waals surface area contributed by atoms with E-state index in [1.165, 1.54) is 12.8 Å². The lowest BCUT2D eigenvalue weighted by Gasteiger charge is -2.46. The van der Waals surface area contributed by atoms with Crippen LogP contribution in [0.1, 0.15) is 40.5 Å². The molecule has 1 fully saturated rings. The fourth-order valence-corrected chi connectivity index (χ4v) is 2.18. The van der Waals surface area contributed by atoms with Crippen molar-refractivity contribution in [2.24, 2.45) is 23.0 Å². The fraction of sp³-hybridized carbons (Fsp3) is 1.00. The molecule has 1 atom stereocenters. The Balaban J connectivity index is 2.32. The largest absolute Gasteiger partial charge is 0.327 e. The molecule has 0 aromatic heterocycles. The molecule has 0 amide bonds. The van der Waals surface area contributed by atoms with Crippen LogP contribution in [0.2, 0.25) is 0 Å². The average molecular weight is 155 g/mol. The van der Waals surface area contributed by atoms with Gasteiger partial charge in [-0.1, -0.05) is 27.7 Å².